The van der Waals surface area contributed by atoms with Crippen LogP contribution in [0.25, 0.3) is 11.4 Å². The third-order valence-corrected chi connectivity index (χ3v) is 4.81. The Morgan fingerprint density at radius 2 is 1.62 bits per heavy atom. The van der Waals surface area contributed by atoms with Crippen molar-refractivity contribution in [2.75, 3.05) is 6.54 Å². The number of nitrogens with one attached hydrogen (secondary N) is 1. The van der Waals surface area contributed by atoms with Crippen molar-refractivity contribution in [3.63, 3.8) is 0 Å². The number of amides is 1. The summed E-state index contributed by atoms with van der Waals surface area (Å²) in [6.45, 7) is 2.57. The lowest BCUT2D eigenvalue weighted by Gasteiger charge is -2.08. The van der Waals surface area contributed by atoms with Crippen LogP contribution in [0.1, 0.15) is 28.5 Å². The molecule has 0 unspecified atom stereocenters. The van der Waals surface area contributed by atoms with Crippen molar-refractivity contribution >= 4 is 5.91 Å². The topological polar surface area (TPSA) is 64.7 Å². The van der Waals surface area contributed by atoms with Gasteiger partial charge < -0.3 is 5.32 Å². The summed E-state index contributed by atoms with van der Waals surface area (Å²) in [5.74, 6) is -0.0977. The van der Waals surface area contributed by atoms with E-state index in [9.17, 15) is 4.79 Å². The van der Waals surface area contributed by atoms with E-state index in [0.29, 0.717) is 18.5 Å². The first-order valence-electron chi connectivity index (χ1n) is 9.75. The van der Waals surface area contributed by atoms with Gasteiger partial charge in [-0.15, -0.1) is 0 Å². The van der Waals surface area contributed by atoms with Gasteiger partial charge in [-0.1, -0.05) is 43.3 Å². The van der Waals surface area contributed by atoms with Gasteiger partial charge in [-0.3, -0.25) is 4.79 Å². The first kappa shape index (κ1) is 18.7. The number of carbonyl (C=O) groups is 1. The third kappa shape index (κ3) is 4.11. The molecule has 0 aliphatic carbocycles. The molecule has 4 rings (SSSR count). The molecular formula is C23H23N5O. The lowest BCUT2D eigenvalue weighted by atomic mass is 10.2. The summed E-state index contributed by atoms with van der Waals surface area (Å²) in [7, 11) is 0. The van der Waals surface area contributed by atoms with Crippen LogP contribution in [0.5, 0.6) is 0 Å². The molecule has 0 fully saturated rings. The average Bonchev–Trinajstić information content (AvgIpc) is 3.42. The van der Waals surface area contributed by atoms with Gasteiger partial charge in [0, 0.05) is 12.7 Å². The maximum absolute atomic E-state index is 12.7. The zero-order valence-electron chi connectivity index (χ0n) is 16.3. The van der Waals surface area contributed by atoms with Crippen LogP contribution in [0.3, 0.4) is 0 Å². The van der Waals surface area contributed by atoms with Gasteiger partial charge in [-0.2, -0.15) is 10.2 Å². The van der Waals surface area contributed by atoms with Gasteiger partial charge in [-0.05, 0) is 42.7 Å². The van der Waals surface area contributed by atoms with Crippen molar-refractivity contribution in [2.45, 2.75) is 19.8 Å². The van der Waals surface area contributed by atoms with Crippen LogP contribution >= 0.6 is 0 Å². The van der Waals surface area contributed by atoms with Crippen molar-refractivity contribution in [1.29, 1.82) is 0 Å². The summed E-state index contributed by atoms with van der Waals surface area (Å²) >= 11 is 0. The van der Waals surface area contributed by atoms with Gasteiger partial charge in [0.05, 0.1) is 35.0 Å². The quantitative estimate of drug-likeness (QED) is 0.529. The molecule has 2 aromatic heterocycles. The molecule has 0 bridgehead atoms. The van der Waals surface area contributed by atoms with E-state index in [1.807, 2.05) is 89.3 Å². The van der Waals surface area contributed by atoms with Crippen molar-refractivity contribution in [1.82, 2.24) is 24.9 Å². The smallest absolute Gasteiger partial charge is 0.254 e. The highest BCUT2D eigenvalue weighted by Crippen LogP contribution is 2.15. The molecule has 2 heterocycles. The molecule has 6 nitrogen and oxygen atoms in total. The van der Waals surface area contributed by atoms with E-state index >= 15 is 0 Å². The molecule has 0 radical (unpaired) electrons. The molecule has 29 heavy (non-hydrogen) atoms. The summed E-state index contributed by atoms with van der Waals surface area (Å²) < 4.78 is 3.68. The van der Waals surface area contributed by atoms with Gasteiger partial charge in [-0.25, -0.2) is 9.36 Å². The highest BCUT2D eigenvalue weighted by atomic mass is 16.1. The Balaban J connectivity index is 1.39. The predicted octanol–water partition coefficient (Wildman–Crippen LogP) is 3.59. The lowest BCUT2D eigenvalue weighted by Crippen LogP contribution is -2.26. The molecule has 1 N–H and O–H groups in total. The summed E-state index contributed by atoms with van der Waals surface area (Å²) in [6, 6.07) is 19.8. The van der Waals surface area contributed by atoms with Gasteiger partial charge >= 0.3 is 0 Å². The number of hydrogen-bond donors (Lipinski definition) is 1. The molecule has 0 saturated heterocycles. The van der Waals surface area contributed by atoms with Crippen molar-refractivity contribution in [3.8, 4) is 11.4 Å². The fraction of sp³-hybridized carbons (Fsp3) is 0.174. The number of benzene rings is 2. The molecule has 0 saturated carbocycles. The summed E-state index contributed by atoms with van der Waals surface area (Å²) in [5, 5.41) is 11.8. The van der Waals surface area contributed by atoms with E-state index in [1.54, 1.807) is 6.20 Å². The van der Waals surface area contributed by atoms with Gasteiger partial charge in [0.1, 0.15) is 0 Å². The number of aromatic nitrogens is 4. The molecule has 4 aromatic rings. The molecule has 0 aliphatic rings. The van der Waals surface area contributed by atoms with E-state index in [1.165, 1.54) is 0 Å². The minimum atomic E-state index is -0.0977. The summed E-state index contributed by atoms with van der Waals surface area (Å²) in [6.07, 6.45) is 6.92. The first-order chi connectivity index (χ1) is 14.3. The van der Waals surface area contributed by atoms with Crippen LogP contribution in [-0.2, 0) is 12.8 Å². The Morgan fingerprint density at radius 3 is 2.31 bits per heavy atom. The largest absolute Gasteiger partial charge is 0.352 e. The fourth-order valence-electron chi connectivity index (χ4n) is 3.32. The van der Waals surface area contributed by atoms with E-state index in [-0.39, 0.29) is 5.91 Å². The molecule has 146 valence electrons. The maximum atomic E-state index is 12.7. The molecule has 0 aliphatic heterocycles. The number of nitrogens with zero attached hydrogens (tertiary/aromatic N) is 4. The van der Waals surface area contributed by atoms with E-state index in [4.69, 9.17) is 0 Å². The maximum Gasteiger partial charge on any atom is 0.254 e. The molecule has 0 spiro atoms. The molecule has 0 atom stereocenters. The average molecular weight is 385 g/mol. The van der Waals surface area contributed by atoms with Crippen LogP contribution in [0.4, 0.5) is 0 Å². The Bertz CT molecular complexity index is 1080. The predicted molar refractivity (Wildman–Crippen MR) is 113 cm³/mol. The number of hydrogen-bond acceptors (Lipinski definition) is 3. The number of para-hydroxylation sites is 2. The van der Waals surface area contributed by atoms with Gasteiger partial charge in [0.2, 0.25) is 0 Å². The Hall–Kier alpha value is -3.67. The minimum Gasteiger partial charge on any atom is -0.352 e. The van der Waals surface area contributed by atoms with Crippen LogP contribution in [-0.4, -0.2) is 32.0 Å². The van der Waals surface area contributed by atoms with Crippen molar-refractivity contribution < 1.29 is 4.79 Å². The Kier molecular flexibility index (Phi) is 5.52. The molecule has 1 amide bonds. The van der Waals surface area contributed by atoms with Crippen molar-refractivity contribution in [2.24, 2.45) is 0 Å². The SMILES string of the molecule is CCc1c(C(=O)NCCc2cnn(-c3ccccc3)c2)cnn1-c1ccccc1. The lowest BCUT2D eigenvalue weighted by molar-refractivity contribution is 0.0953. The summed E-state index contributed by atoms with van der Waals surface area (Å²) in [5.41, 5.74) is 4.58. The Labute approximate surface area is 169 Å². The van der Waals surface area contributed by atoms with E-state index in [2.05, 4.69) is 15.5 Å². The third-order valence-electron chi connectivity index (χ3n) is 4.81. The first-order valence-corrected chi connectivity index (χ1v) is 9.75. The van der Waals surface area contributed by atoms with Crippen LogP contribution < -0.4 is 5.32 Å². The number of rotatable bonds is 7. The second-order valence-electron chi connectivity index (χ2n) is 6.74. The minimum absolute atomic E-state index is 0.0977. The molecule has 6 heteroatoms. The van der Waals surface area contributed by atoms with Crippen LogP contribution in [0, 0.1) is 0 Å². The molecule has 2 aromatic carbocycles. The van der Waals surface area contributed by atoms with E-state index < -0.39 is 0 Å². The van der Waals surface area contributed by atoms with Crippen molar-refractivity contribution in [3.05, 3.63) is 96.1 Å². The zero-order valence-corrected chi connectivity index (χ0v) is 16.3. The van der Waals surface area contributed by atoms with E-state index in [0.717, 1.165) is 29.1 Å². The zero-order chi connectivity index (χ0) is 20.1. The second kappa shape index (κ2) is 8.56. The highest BCUT2D eigenvalue weighted by Gasteiger charge is 2.16. The fourth-order valence-corrected chi connectivity index (χ4v) is 3.32. The monoisotopic (exact) mass is 385 g/mol. The molecular weight excluding hydrogens is 362 g/mol. The normalized spacial score (nSPS) is 10.8. The Morgan fingerprint density at radius 1 is 0.931 bits per heavy atom. The second-order valence-corrected chi connectivity index (χ2v) is 6.74. The highest BCUT2D eigenvalue weighted by molar-refractivity contribution is 5.95. The van der Waals surface area contributed by atoms with Gasteiger partial charge in [0.25, 0.3) is 5.91 Å². The van der Waals surface area contributed by atoms with Crippen LogP contribution in [0.2, 0.25) is 0 Å². The van der Waals surface area contributed by atoms with Crippen LogP contribution in [0.15, 0.2) is 79.3 Å². The standard InChI is InChI=1S/C23H23N5O/c1-2-22-21(16-26-28(22)20-11-7-4-8-12-20)23(29)24-14-13-18-15-25-27(17-18)19-9-5-3-6-10-19/h3-12,15-17H,2,13-14H2,1H3,(H,24,29). The number of carbonyl (C=O) groups excluding carboxylic acids is 1. The summed E-state index contributed by atoms with van der Waals surface area (Å²) in [4.78, 5) is 12.7. The van der Waals surface area contributed by atoms with Gasteiger partial charge in [0.15, 0.2) is 0 Å².